The van der Waals surface area contributed by atoms with Crippen LogP contribution in [0.25, 0.3) is 0 Å². The number of hydrogen-bond acceptors (Lipinski definition) is 5. The van der Waals surface area contributed by atoms with Gasteiger partial charge in [-0.1, -0.05) is 17.7 Å². The Morgan fingerprint density at radius 3 is 2.76 bits per heavy atom. The monoisotopic (exact) mass is 426 g/mol. The summed E-state index contributed by atoms with van der Waals surface area (Å²) in [6, 6.07) is 3.93. The number of rotatable bonds is 7. The van der Waals surface area contributed by atoms with Crippen LogP contribution in [0.1, 0.15) is 48.0 Å². The van der Waals surface area contributed by atoms with Crippen LogP contribution >= 0.6 is 11.6 Å². The van der Waals surface area contributed by atoms with Crippen molar-refractivity contribution < 1.29 is 24.9 Å². The molecule has 158 valence electrons. The Labute approximate surface area is 173 Å². The van der Waals surface area contributed by atoms with Crippen molar-refractivity contribution in [2.24, 2.45) is 0 Å². The number of nitrogens with zero attached hydrogens (tertiary/aromatic N) is 1. The van der Waals surface area contributed by atoms with Crippen LogP contribution < -0.4 is 10.6 Å². The summed E-state index contributed by atoms with van der Waals surface area (Å²) in [5, 5.41) is 11.8. The molecule has 2 aromatic rings. The van der Waals surface area contributed by atoms with E-state index >= 15 is 0 Å². The predicted molar refractivity (Wildman–Crippen MR) is 107 cm³/mol. The molecule has 0 radical (unpaired) electrons. The first-order valence-electron chi connectivity index (χ1n) is 9.19. The summed E-state index contributed by atoms with van der Waals surface area (Å²) in [4.78, 5) is 25.0. The van der Waals surface area contributed by atoms with Crippen LogP contribution in [0.3, 0.4) is 0 Å². The van der Waals surface area contributed by atoms with Gasteiger partial charge in [0, 0.05) is 14.6 Å². The molecule has 0 saturated heterocycles. The highest BCUT2D eigenvalue weighted by molar-refractivity contribution is 6.34. The van der Waals surface area contributed by atoms with Crippen LogP contribution in [-0.4, -0.2) is 48.1 Å². The summed E-state index contributed by atoms with van der Waals surface area (Å²) in [5.41, 5.74) is -0.0661. The van der Waals surface area contributed by atoms with Crippen LogP contribution in [0.4, 0.5) is 10.1 Å². The first kappa shape index (κ1) is 21.2. The van der Waals surface area contributed by atoms with Gasteiger partial charge >= 0.3 is 0 Å². The number of H-pyrrole nitrogens is 1. The quantitative estimate of drug-likeness (QED) is 0.589. The molecule has 1 fully saturated rings. The summed E-state index contributed by atoms with van der Waals surface area (Å²) in [6.45, 7) is 0.255. The molecule has 29 heavy (non-hydrogen) atoms. The molecule has 1 saturated carbocycles. The zero-order valence-electron chi connectivity index (χ0n) is 15.8. The Morgan fingerprint density at radius 2 is 2.07 bits per heavy atom. The van der Waals surface area contributed by atoms with Crippen molar-refractivity contribution in [2.45, 2.75) is 37.8 Å². The molecule has 2 amide bonds. The number of carbonyl (C=O) groups is 2. The standard InChI is InChI=1S/C19H22ClFN4O4.H2/c1-28-10-29-12-7-5-11(6-8-12)23-19(27)17-15(9-22-25-17)24-18(26)16-13(20)3-2-4-14(16)21;/h2-4,9,11-12H,5-8,10H2,1H3,(H,22,25)(H,23,27)(H,24,26);1H. The second-order valence-electron chi connectivity index (χ2n) is 6.73. The van der Waals surface area contributed by atoms with E-state index in [0.29, 0.717) is 0 Å². The Bertz CT molecular complexity index is 854. The number of aromatic amines is 1. The summed E-state index contributed by atoms with van der Waals surface area (Å²) >= 11 is 5.92. The minimum atomic E-state index is -0.764. The normalized spacial score (nSPS) is 19.0. The molecule has 3 N–H and O–H groups in total. The SMILES string of the molecule is COCOC1CCC(NC(=O)c2[nH]ncc2NC(=O)c2c(F)cccc2Cl)CC1.[HH]. The van der Waals surface area contributed by atoms with Gasteiger partial charge in [-0.05, 0) is 37.8 Å². The Hall–Kier alpha value is -2.49. The van der Waals surface area contributed by atoms with E-state index < -0.39 is 17.6 Å². The molecule has 0 spiro atoms. The predicted octanol–water partition coefficient (Wildman–Crippen LogP) is 3.36. The average molecular weight is 427 g/mol. The summed E-state index contributed by atoms with van der Waals surface area (Å²) in [7, 11) is 1.58. The average Bonchev–Trinajstić information content (AvgIpc) is 3.15. The third-order valence-electron chi connectivity index (χ3n) is 4.74. The summed E-state index contributed by atoms with van der Waals surface area (Å²) in [5.74, 6) is -1.92. The maximum absolute atomic E-state index is 13.9. The van der Waals surface area contributed by atoms with Crippen LogP contribution in [0.2, 0.25) is 5.02 Å². The van der Waals surface area contributed by atoms with E-state index in [0.717, 1.165) is 31.7 Å². The number of hydrogen-bond donors (Lipinski definition) is 3. The molecule has 1 heterocycles. The van der Waals surface area contributed by atoms with Gasteiger partial charge in [-0.15, -0.1) is 0 Å². The van der Waals surface area contributed by atoms with E-state index in [9.17, 15) is 14.0 Å². The fourth-order valence-electron chi connectivity index (χ4n) is 3.25. The molecule has 1 aliphatic carbocycles. The second-order valence-corrected chi connectivity index (χ2v) is 7.14. The number of aromatic nitrogens is 2. The lowest BCUT2D eigenvalue weighted by molar-refractivity contribution is -0.0837. The van der Waals surface area contributed by atoms with E-state index in [1.54, 1.807) is 7.11 Å². The van der Waals surface area contributed by atoms with Crippen molar-refractivity contribution in [3.63, 3.8) is 0 Å². The van der Waals surface area contributed by atoms with Crippen molar-refractivity contribution in [2.75, 3.05) is 19.2 Å². The van der Waals surface area contributed by atoms with Gasteiger partial charge in [0.15, 0.2) is 0 Å². The maximum Gasteiger partial charge on any atom is 0.271 e. The number of carbonyl (C=O) groups excluding carboxylic acids is 2. The number of amides is 2. The molecule has 1 aliphatic rings. The molecule has 0 unspecified atom stereocenters. The van der Waals surface area contributed by atoms with Crippen LogP contribution in [-0.2, 0) is 9.47 Å². The number of methoxy groups -OCH3 is 1. The van der Waals surface area contributed by atoms with Gasteiger partial charge in [-0.3, -0.25) is 14.7 Å². The molecule has 3 rings (SSSR count). The Kier molecular flexibility index (Phi) is 7.18. The Morgan fingerprint density at radius 1 is 1.31 bits per heavy atom. The van der Waals surface area contributed by atoms with Crippen molar-refractivity contribution >= 4 is 29.1 Å². The van der Waals surface area contributed by atoms with E-state index in [1.165, 1.54) is 18.3 Å². The maximum atomic E-state index is 13.9. The second kappa shape index (κ2) is 9.82. The highest BCUT2D eigenvalue weighted by atomic mass is 35.5. The molecule has 10 heteroatoms. The minimum Gasteiger partial charge on any atom is -0.359 e. The molecule has 1 aromatic carbocycles. The molecule has 0 aliphatic heterocycles. The molecule has 1 aromatic heterocycles. The lowest BCUT2D eigenvalue weighted by Crippen LogP contribution is -2.39. The first-order valence-corrected chi connectivity index (χ1v) is 9.57. The summed E-state index contributed by atoms with van der Waals surface area (Å²) < 4.78 is 24.4. The number of halogens is 2. The van der Waals surface area contributed by atoms with E-state index in [4.69, 9.17) is 21.1 Å². The number of ether oxygens (including phenoxy) is 2. The van der Waals surface area contributed by atoms with E-state index in [-0.39, 0.29) is 42.3 Å². The van der Waals surface area contributed by atoms with Crippen molar-refractivity contribution in [1.82, 2.24) is 15.5 Å². The number of anilines is 1. The topological polar surface area (TPSA) is 105 Å². The first-order chi connectivity index (χ1) is 14.0. The van der Waals surface area contributed by atoms with Gasteiger partial charge in [0.25, 0.3) is 11.8 Å². The third kappa shape index (κ3) is 5.31. The highest BCUT2D eigenvalue weighted by Crippen LogP contribution is 2.23. The summed E-state index contributed by atoms with van der Waals surface area (Å²) in [6.07, 6.45) is 4.56. The molecule has 0 bridgehead atoms. The zero-order chi connectivity index (χ0) is 20.8. The van der Waals surface area contributed by atoms with Crippen LogP contribution in [0.15, 0.2) is 24.4 Å². The van der Waals surface area contributed by atoms with Crippen molar-refractivity contribution in [3.8, 4) is 0 Å². The van der Waals surface area contributed by atoms with Crippen LogP contribution in [0.5, 0.6) is 0 Å². The highest BCUT2D eigenvalue weighted by Gasteiger charge is 2.25. The zero-order valence-corrected chi connectivity index (χ0v) is 16.6. The van der Waals surface area contributed by atoms with Gasteiger partial charge in [0.2, 0.25) is 0 Å². The molecule has 8 nitrogen and oxygen atoms in total. The molecular formula is C19H24ClFN4O4. The Balaban J connectivity index is 0.00000320. The fraction of sp³-hybridized carbons (Fsp3) is 0.421. The van der Waals surface area contributed by atoms with E-state index in [2.05, 4.69) is 20.8 Å². The van der Waals surface area contributed by atoms with Gasteiger partial charge < -0.3 is 20.1 Å². The third-order valence-corrected chi connectivity index (χ3v) is 5.05. The van der Waals surface area contributed by atoms with Crippen molar-refractivity contribution in [1.29, 1.82) is 0 Å². The number of benzene rings is 1. The lowest BCUT2D eigenvalue weighted by atomic mass is 9.93. The van der Waals surface area contributed by atoms with Gasteiger partial charge in [-0.25, -0.2) is 4.39 Å². The largest absolute Gasteiger partial charge is 0.359 e. The number of nitrogens with one attached hydrogen (secondary N) is 3. The molecule has 0 atom stereocenters. The van der Waals surface area contributed by atoms with Gasteiger partial charge in [-0.2, -0.15) is 5.10 Å². The fourth-order valence-corrected chi connectivity index (χ4v) is 3.50. The van der Waals surface area contributed by atoms with Crippen molar-refractivity contribution in [3.05, 3.63) is 46.5 Å². The minimum absolute atomic E-state index is 0. The smallest absolute Gasteiger partial charge is 0.271 e. The molecular weight excluding hydrogens is 403 g/mol. The van der Waals surface area contributed by atoms with Crippen LogP contribution in [0, 0.1) is 5.82 Å². The van der Waals surface area contributed by atoms with E-state index in [1.807, 2.05) is 0 Å². The van der Waals surface area contributed by atoms with Gasteiger partial charge in [0.1, 0.15) is 18.3 Å². The van der Waals surface area contributed by atoms with Gasteiger partial charge in [0.05, 0.1) is 28.6 Å². The lowest BCUT2D eigenvalue weighted by Gasteiger charge is -2.28.